The van der Waals surface area contributed by atoms with E-state index in [-0.39, 0.29) is 12.5 Å². The quantitative estimate of drug-likeness (QED) is 0.424. The fraction of sp³-hybridized carbons (Fsp3) is 0.833. The number of nitrogens with zero attached hydrogens (tertiary/aromatic N) is 1. The summed E-state index contributed by atoms with van der Waals surface area (Å²) in [6, 6.07) is -0.814. The van der Waals surface area contributed by atoms with E-state index in [1.807, 2.05) is 13.8 Å². The summed E-state index contributed by atoms with van der Waals surface area (Å²) in [4.78, 5) is 24.6. The van der Waals surface area contributed by atoms with E-state index < -0.39 is 18.2 Å². The predicted octanol–water partition coefficient (Wildman–Crippen LogP) is 0.0674. The van der Waals surface area contributed by atoms with Crippen molar-refractivity contribution >= 4 is 11.9 Å². The van der Waals surface area contributed by atoms with E-state index in [4.69, 9.17) is 0 Å². The Kier molecular flexibility index (Phi) is 6.07. The Morgan fingerprint density at radius 3 is 2.72 bits per heavy atom. The first-order valence-corrected chi connectivity index (χ1v) is 6.60. The van der Waals surface area contributed by atoms with Crippen LogP contribution in [0.4, 0.5) is 4.79 Å². The maximum Gasteiger partial charge on any atom is 0.324 e. The van der Waals surface area contributed by atoms with Crippen LogP contribution in [0.25, 0.3) is 0 Å². The summed E-state index contributed by atoms with van der Waals surface area (Å²) in [5.74, 6) is -0.226. The molecule has 0 saturated carbocycles. The normalized spacial score (nSPS) is 21.3. The molecule has 0 bridgehead atoms. The summed E-state index contributed by atoms with van der Waals surface area (Å²) in [6.45, 7) is 5.26. The van der Waals surface area contributed by atoms with E-state index >= 15 is 0 Å². The number of carbonyl (C=O) groups excluding carboxylic acids is 2. The standard InChI is InChI=1S/C12H23N3O3/c1-3-5-10-11(17)15(12(18)14-10)8-9(16)7-13-6-4-2/h9-10,13,16H,3-8H2,1-2H3,(H,14,18). The van der Waals surface area contributed by atoms with Crippen LogP contribution < -0.4 is 10.6 Å². The van der Waals surface area contributed by atoms with Crippen LogP contribution in [-0.2, 0) is 4.79 Å². The molecule has 3 N–H and O–H groups in total. The van der Waals surface area contributed by atoms with Crippen molar-refractivity contribution < 1.29 is 14.7 Å². The maximum atomic E-state index is 11.9. The van der Waals surface area contributed by atoms with Gasteiger partial charge in [-0.05, 0) is 19.4 Å². The lowest BCUT2D eigenvalue weighted by Crippen LogP contribution is -2.42. The lowest BCUT2D eigenvalue weighted by Gasteiger charge is -2.18. The van der Waals surface area contributed by atoms with Gasteiger partial charge in [-0.3, -0.25) is 9.69 Å². The Balaban J connectivity index is 2.41. The first-order chi connectivity index (χ1) is 8.60. The predicted molar refractivity (Wildman–Crippen MR) is 68.1 cm³/mol. The Hall–Kier alpha value is -1.14. The first-order valence-electron chi connectivity index (χ1n) is 6.60. The lowest BCUT2D eigenvalue weighted by molar-refractivity contribution is -0.128. The van der Waals surface area contributed by atoms with E-state index in [1.165, 1.54) is 0 Å². The zero-order valence-corrected chi connectivity index (χ0v) is 11.1. The maximum absolute atomic E-state index is 11.9. The molecule has 3 amide bonds. The monoisotopic (exact) mass is 257 g/mol. The van der Waals surface area contributed by atoms with Gasteiger partial charge in [0.2, 0.25) is 0 Å². The van der Waals surface area contributed by atoms with Gasteiger partial charge in [0.15, 0.2) is 0 Å². The summed E-state index contributed by atoms with van der Waals surface area (Å²) in [7, 11) is 0. The molecule has 1 aliphatic rings. The van der Waals surface area contributed by atoms with Gasteiger partial charge in [-0.1, -0.05) is 20.3 Å². The Bertz CT molecular complexity index is 296. The molecule has 0 aromatic carbocycles. The van der Waals surface area contributed by atoms with Gasteiger partial charge >= 0.3 is 6.03 Å². The van der Waals surface area contributed by atoms with Crippen LogP contribution >= 0.6 is 0 Å². The molecule has 0 aromatic heterocycles. The smallest absolute Gasteiger partial charge is 0.324 e. The summed E-state index contributed by atoms with van der Waals surface area (Å²) in [5.41, 5.74) is 0. The molecule has 1 saturated heterocycles. The third kappa shape index (κ3) is 3.96. The molecule has 0 aromatic rings. The lowest BCUT2D eigenvalue weighted by atomic mass is 10.1. The number of hydrogen-bond donors (Lipinski definition) is 3. The fourth-order valence-electron chi connectivity index (χ4n) is 1.95. The minimum absolute atomic E-state index is 0.0571. The number of rotatable bonds is 8. The van der Waals surface area contributed by atoms with Gasteiger partial charge in [-0.15, -0.1) is 0 Å². The largest absolute Gasteiger partial charge is 0.390 e. The van der Waals surface area contributed by atoms with Gasteiger partial charge in [-0.2, -0.15) is 0 Å². The van der Waals surface area contributed by atoms with Crippen LogP contribution in [0.3, 0.4) is 0 Å². The number of urea groups is 1. The first kappa shape index (κ1) is 14.9. The van der Waals surface area contributed by atoms with Crippen molar-refractivity contribution in [3.63, 3.8) is 0 Å². The van der Waals surface area contributed by atoms with Crippen LogP contribution in [0.1, 0.15) is 33.1 Å². The van der Waals surface area contributed by atoms with Crippen molar-refractivity contribution in [2.75, 3.05) is 19.6 Å². The summed E-state index contributed by atoms with van der Waals surface area (Å²) in [6.07, 6.45) is 1.75. The molecule has 1 heterocycles. The van der Waals surface area contributed by atoms with Gasteiger partial charge in [-0.25, -0.2) is 4.79 Å². The average molecular weight is 257 g/mol. The van der Waals surface area contributed by atoms with Crippen molar-refractivity contribution in [3.05, 3.63) is 0 Å². The SMILES string of the molecule is CCCNCC(O)CN1C(=O)NC(CCC)C1=O. The molecular weight excluding hydrogens is 234 g/mol. The molecule has 18 heavy (non-hydrogen) atoms. The molecule has 6 nitrogen and oxygen atoms in total. The van der Waals surface area contributed by atoms with E-state index in [2.05, 4.69) is 10.6 Å². The van der Waals surface area contributed by atoms with Crippen LogP contribution in [-0.4, -0.2) is 53.7 Å². The third-order valence-corrected chi connectivity index (χ3v) is 2.88. The molecular formula is C12H23N3O3. The molecule has 1 rings (SSSR count). The molecule has 104 valence electrons. The Labute approximate surface area is 108 Å². The highest BCUT2D eigenvalue weighted by Gasteiger charge is 2.37. The summed E-state index contributed by atoms with van der Waals surface area (Å²) >= 11 is 0. The second-order valence-electron chi connectivity index (χ2n) is 4.60. The second-order valence-corrected chi connectivity index (χ2v) is 4.60. The molecule has 2 unspecified atom stereocenters. The van der Waals surface area contributed by atoms with Crippen molar-refractivity contribution in [1.29, 1.82) is 0 Å². The summed E-state index contributed by atoms with van der Waals surface area (Å²) < 4.78 is 0. The Morgan fingerprint density at radius 2 is 2.11 bits per heavy atom. The van der Waals surface area contributed by atoms with Crippen LogP contribution in [0.5, 0.6) is 0 Å². The zero-order chi connectivity index (χ0) is 13.5. The second kappa shape index (κ2) is 7.33. The van der Waals surface area contributed by atoms with Crippen LogP contribution in [0.2, 0.25) is 0 Å². The van der Waals surface area contributed by atoms with E-state index in [0.29, 0.717) is 13.0 Å². The minimum atomic E-state index is -0.716. The van der Waals surface area contributed by atoms with E-state index in [9.17, 15) is 14.7 Å². The van der Waals surface area contributed by atoms with Gasteiger partial charge in [0.1, 0.15) is 6.04 Å². The van der Waals surface area contributed by atoms with Crippen LogP contribution in [0, 0.1) is 0 Å². The molecule has 2 atom stereocenters. The van der Waals surface area contributed by atoms with E-state index in [0.717, 1.165) is 24.3 Å². The van der Waals surface area contributed by atoms with Crippen molar-refractivity contribution in [3.8, 4) is 0 Å². The number of carbonyl (C=O) groups is 2. The average Bonchev–Trinajstić information content (AvgIpc) is 2.58. The minimum Gasteiger partial charge on any atom is -0.390 e. The Morgan fingerprint density at radius 1 is 1.39 bits per heavy atom. The highest BCUT2D eigenvalue weighted by molar-refractivity contribution is 6.04. The highest BCUT2D eigenvalue weighted by atomic mass is 16.3. The number of hydrogen-bond acceptors (Lipinski definition) is 4. The van der Waals surface area contributed by atoms with Crippen LogP contribution in [0.15, 0.2) is 0 Å². The molecule has 1 fully saturated rings. The highest BCUT2D eigenvalue weighted by Crippen LogP contribution is 2.11. The van der Waals surface area contributed by atoms with Gasteiger partial charge in [0.05, 0.1) is 12.6 Å². The number of amides is 3. The molecule has 0 spiro atoms. The molecule has 6 heteroatoms. The van der Waals surface area contributed by atoms with Crippen molar-refractivity contribution in [1.82, 2.24) is 15.5 Å². The van der Waals surface area contributed by atoms with Crippen molar-refractivity contribution in [2.24, 2.45) is 0 Å². The molecule has 1 aliphatic heterocycles. The number of aliphatic hydroxyl groups is 1. The van der Waals surface area contributed by atoms with Gasteiger partial charge in [0.25, 0.3) is 5.91 Å². The number of aliphatic hydroxyl groups excluding tert-OH is 1. The zero-order valence-electron chi connectivity index (χ0n) is 11.1. The third-order valence-electron chi connectivity index (χ3n) is 2.88. The van der Waals surface area contributed by atoms with Crippen molar-refractivity contribution in [2.45, 2.75) is 45.3 Å². The summed E-state index contributed by atoms with van der Waals surface area (Å²) in [5, 5.41) is 15.4. The fourth-order valence-corrected chi connectivity index (χ4v) is 1.95. The number of β-amino-alcohol motifs (C(OH)–C–C–N with tert-alkyl or cyclic N) is 1. The van der Waals surface area contributed by atoms with Gasteiger partial charge < -0.3 is 15.7 Å². The molecule has 0 radical (unpaired) electrons. The van der Waals surface area contributed by atoms with Gasteiger partial charge in [0, 0.05) is 6.54 Å². The van der Waals surface area contributed by atoms with E-state index in [1.54, 1.807) is 0 Å². The topological polar surface area (TPSA) is 81.7 Å². The molecule has 0 aliphatic carbocycles. The number of imide groups is 1. The number of nitrogens with one attached hydrogen (secondary N) is 2.